The van der Waals surface area contributed by atoms with Crippen LogP contribution in [0.1, 0.15) is 40.5 Å². The van der Waals surface area contributed by atoms with Gasteiger partial charge < -0.3 is 15.7 Å². The molecule has 0 aliphatic carbocycles. The van der Waals surface area contributed by atoms with Gasteiger partial charge in [-0.1, -0.05) is 19.8 Å². The van der Waals surface area contributed by atoms with Crippen molar-refractivity contribution in [2.45, 2.75) is 46.1 Å². The van der Waals surface area contributed by atoms with Crippen molar-refractivity contribution in [3.63, 3.8) is 0 Å². The van der Waals surface area contributed by atoms with Gasteiger partial charge in [0.25, 0.3) is 0 Å². The lowest BCUT2D eigenvalue weighted by molar-refractivity contribution is -0.138. The Morgan fingerprint density at radius 1 is 1.37 bits per heavy atom. The second-order valence-corrected chi connectivity index (χ2v) is 5.70. The highest BCUT2D eigenvalue weighted by Crippen LogP contribution is 2.14. The molecule has 0 rings (SSSR count). The SMILES string of the molecule is C#CC(C)(C)NC(=O)NCC(CC(=O)O)CC(C)C. The summed E-state index contributed by atoms with van der Waals surface area (Å²) in [6.45, 7) is 7.81. The molecule has 0 saturated carbocycles. The van der Waals surface area contributed by atoms with Crippen LogP contribution in [0.3, 0.4) is 0 Å². The number of carbonyl (C=O) groups excluding carboxylic acids is 1. The summed E-state index contributed by atoms with van der Waals surface area (Å²) in [5.41, 5.74) is -0.718. The number of aliphatic carboxylic acids is 1. The van der Waals surface area contributed by atoms with Crippen molar-refractivity contribution in [2.75, 3.05) is 6.54 Å². The topological polar surface area (TPSA) is 78.4 Å². The maximum absolute atomic E-state index is 11.6. The number of hydrogen-bond donors (Lipinski definition) is 3. The molecule has 0 aromatic rings. The van der Waals surface area contributed by atoms with Gasteiger partial charge in [-0.05, 0) is 32.1 Å². The van der Waals surface area contributed by atoms with Crippen molar-refractivity contribution < 1.29 is 14.7 Å². The Hall–Kier alpha value is -1.70. The van der Waals surface area contributed by atoms with E-state index in [1.54, 1.807) is 13.8 Å². The van der Waals surface area contributed by atoms with Crippen molar-refractivity contribution >= 4 is 12.0 Å². The molecule has 0 bridgehead atoms. The number of carboxylic acids is 1. The first kappa shape index (κ1) is 17.3. The molecule has 0 heterocycles. The molecular formula is C14H24N2O3. The molecule has 19 heavy (non-hydrogen) atoms. The first-order valence-corrected chi connectivity index (χ1v) is 6.42. The zero-order valence-electron chi connectivity index (χ0n) is 12.1. The van der Waals surface area contributed by atoms with Crippen molar-refractivity contribution in [3.8, 4) is 12.3 Å². The number of urea groups is 1. The second-order valence-electron chi connectivity index (χ2n) is 5.70. The molecule has 0 aromatic carbocycles. The van der Waals surface area contributed by atoms with Crippen LogP contribution in [0.2, 0.25) is 0 Å². The van der Waals surface area contributed by atoms with E-state index in [-0.39, 0.29) is 18.4 Å². The quantitative estimate of drug-likeness (QED) is 0.616. The minimum Gasteiger partial charge on any atom is -0.481 e. The summed E-state index contributed by atoms with van der Waals surface area (Å²) in [4.78, 5) is 22.4. The van der Waals surface area contributed by atoms with E-state index in [0.29, 0.717) is 12.5 Å². The third-order valence-corrected chi connectivity index (χ3v) is 2.61. The molecule has 0 aliphatic rings. The molecular weight excluding hydrogens is 244 g/mol. The van der Waals surface area contributed by atoms with Gasteiger partial charge in [-0.3, -0.25) is 4.79 Å². The van der Waals surface area contributed by atoms with Crippen LogP contribution in [-0.4, -0.2) is 29.2 Å². The summed E-state index contributed by atoms with van der Waals surface area (Å²) in [7, 11) is 0. The van der Waals surface area contributed by atoms with E-state index in [4.69, 9.17) is 11.5 Å². The summed E-state index contributed by atoms with van der Waals surface area (Å²) in [5.74, 6) is 1.92. The highest BCUT2D eigenvalue weighted by molar-refractivity contribution is 5.75. The van der Waals surface area contributed by atoms with Gasteiger partial charge in [0.05, 0.1) is 5.54 Å². The molecule has 1 atom stereocenters. The lowest BCUT2D eigenvalue weighted by Crippen LogP contribution is -2.48. The molecule has 0 saturated heterocycles. The van der Waals surface area contributed by atoms with Crippen LogP contribution in [0.5, 0.6) is 0 Å². The molecule has 0 fully saturated rings. The first-order chi connectivity index (χ1) is 8.66. The summed E-state index contributed by atoms with van der Waals surface area (Å²) in [5, 5.41) is 14.1. The van der Waals surface area contributed by atoms with Gasteiger partial charge in [0.15, 0.2) is 0 Å². The predicted octanol–water partition coefficient (Wildman–Crippen LogP) is 1.83. The molecule has 5 nitrogen and oxygen atoms in total. The minimum atomic E-state index is -0.850. The molecule has 3 N–H and O–H groups in total. The Morgan fingerprint density at radius 2 is 1.95 bits per heavy atom. The largest absolute Gasteiger partial charge is 0.481 e. The van der Waals surface area contributed by atoms with Crippen molar-refractivity contribution in [3.05, 3.63) is 0 Å². The zero-order chi connectivity index (χ0) is 15.1. The van der Waals surface area contributed by atoms with Crippen molar-refractivity contribution in [1.82, 2.24) is 10.6 Å². The van der Waals surface area contributed by atoms with Crippen LogP contribution < -0.4 is 10.6 Å². The van der Waals surface area contributed by atoms with E-state index < -0.39 is 11.5 Å². The Kier molecular flexibility index (Phi) is 6.99. The Balaban J connectivity index is 4.28. The number of carbonyl (C=O) groups is 2. The van der Waals surface area contributed by atoms with Gasteiger partial charge in [-0.25, -0.2) is 4.79 Å². The normalized spacial score (nSPS) is 12.6. The summed E-state index contributed by atoms with van der Waals surface area (Å²) >= 11 is 0. The average molecular weight is 268 g/mol. The number of terminal acetylenes is 1. The lowest BCUT2D eigenvalue weighted by Gasteiger charge is -2.22. The second kappa shape index (κ2) is 7.67. The monoisotopic (exact) mass is 268 g/mol. The van der Waals surface area contributed by atoms with Crippen LogP contribution in [0.15, 0.2) is 0 Å². The van der Waals surface area contributed by atoms with E-state index in [1.807, 2.05) is 13.8 Å². The van der Waals surface area contributed by atoms with Gasteiger partial charge in [0, 0.05) is 13.0 Å². The highest BCUT2D eigenvalue weighted by Gasteiger charge is 2.19. The molecule has 0 aliphatic heterocycles. The molecule has 0 radical (unpaired) electrons. The van der Waals surface area contributed by atoms with Crippen LogP contribution in [0.25, 0.3) is 0 Å². The summed E-state index contributed by atoms with van der Waals surface area (Å²) < 4.78 is 0. The van der Waals surface area contributed by atoms with E-state index >= 15 is 0 Å². The Bertz CT molecular complexity index is 356. The lowest BCUT2D eigenvalue weighted by atomic mass is 9.94. The van der Waals surface area contributed by atoms with E-state index in [0.717, 1.165) is 6.42 Å². The maximum atomic E-state index is 11.6. The molecule has 5 heteroatoms. The average Bonchev–Trinajstić information content (AvgIpc) is 2.24. The fourth-order valence-electron chi connectivity index (χ4n) is 1.75. The summed E-state index contributed by atoms with van der Waals surface area (Å²) in [6, 6.07) is -0.373. The standard InChI is InChI=1S/C14H24N2O3/c1-6-14(4,5)16-13(19)15-9-11(7-10(2)3)8-12(17)18/h1,10-11H,7-9H2,2-5H3,(H,17,18)(H2,15,16,19). The number of hydrogen-bond acceptors (Lipinski definition) is 2. The summed E-state index contributed by atoms with van der Waals surface area (Å²) in [6.07, 6.45) is 6.08. The Labute approximate surface area is 115 Å². The molecule has 1 unspecified atom stereocenters. The van der Waals surface area contributed by atoms with Gasteiger partial charge in [0.1, 0.15) is 0 Å². The number of carboxylic acid groups (broad SMARTS) is 1. The van der Waals surface area contributed by atoms with Crippen LogP contribution in [-0.2, 0) is 4.79 Å². The maximum Gasteiger partial charge on any atom is 0.315 e. The van der Waals surface area contributed by atoms with Crippen LogP contribution >= 0.6 is 0 Å². The molecule has 2 amide bonds. The first-order valence-electron chi connectivity index (χ1n) is 6.42. The smallest absolute Gasteiger partial charge is 0.315 e. The molecule has 0 spiro atoms. The van der Waals surface area contributed by atoms with Crippen LogP contribution in [0, 0.1) is 24.2 Å². The van der Waals surface area contributed by atoms with E-state index in [1.165, 1.54) is 0 Å². The van der Waals surface area contributed by atoms with Gasteiger partial charge in [-0.2, -0.15) is 0 Å². The number of nitrogens with one attached hydrogen (secondary N) is 2. The zero-order valence-corrected chi connectivity index (χ0v) is 12.1. The van der Waals surface area contributed by atoms with Gasteiger partial charge >= 0.3 is 12.0 Å². The minimum absolute atomic E-state index is 0.0526. The van der Waals surface area contributed by atoms with Crippen LogP contribution in [0.4, 0.5) is 4.79 Å². The third-order valence-electron chi connectivity index (χ3n) is 2.61. The van der Waals surface area contributed by atoms with E-state index in [9.17, 15) is 9.59 Å². The van der Waals surface area contributed by atoms with Gasteiger partial charge in [0.2, 0.25) is 0 Å². The third kappa shape index (κ3) is 8.95. The molecule has 108 valence electrons. The van der Waals surface area contributed by atoms with E-state index in [2.05, 4.69) is 16.6 Å². The number of amides is 2. The van der Waals surface area contributed by atoms with Crippen molar-refractivity contribution in [2.24, 2.45) is 11.8 Å². The Morgan fingerprint density at radius 3 is 2.37 bits per heavy atom. The highest BCUT2D eigenvalue weighted by atomic mass is 16.4. The molecule has 0 aromatic heterocycles. The number of rotatable bonds is 7. The van der Waals surface area contributed by atoms with Crippen molar-refractivity contribution in [1.29, 1.82) is 0 Å². The fraction of sp³-hybridized carbons (Fsp3) is 0.714. The predicted molar refractivity (Wildman–Crippen MR) is 74.6 cm³/mol. The fourth-order valence-corrected chi connectivity index (χ4v) is 1.75. The van der Waals surface area contributed by atoms with Gasteiger partial charge in [-0.15, -0.1) is 6.42 Å².